The lowest BCUT2D eigenvalue weighted by Crippen LogP contribution is -2.14. The molecule has 3 N–H and O–H groups in total. The minimum Gasteiger partial charge on any atom is -0.365 e. The number of carbonyl (C=O) groups is 1. The van der Waals surface area contributed by atoms with E-state index < -0.39 is 5.91 Å². The van der Waals surface area contributed by atoms with Crippen LogP contribution in [0.2, 0.25) is 0 Å². The number of rotatable bonds is 3. The van der Waals surface area contributed by atoms with Gasteiger partial charge in [-0.1, -0.05) is 6.07 Å². The molecule has 7 nitrogen and oxygen atoms in total. The number of hydrogen-bond acceptors (Lipinski definition) is 5. The molecule has 0 radical (unpaired) electrons. The standard InChI is InChI=1S/C9H8N6O/c10-8(16)7(9-12-14-15-13-9)5-6-3-1-2-4-11-6/h1-5H,(H2,10,16)(H,12,13,14,15). The van der Waals surface area contributed by atoms with Gasteiger partial charge in [-0.15, -0.1) is 5.10 Å². The second-order valence-electron chi connectivity index (χ2n) is 2.93. The van der Waals surface area contributed by atoms with E-state index in [1.165, 1.54) is 6.08 Å². The monoisotopic (exact) mass is 216 g/mol. The van der Waals surface area contributed by atoms with Gasteiger partial charge in [0, 0.05) is 6.20 Å². The molecule has 0 atom stereocenters. The summed E-state index contributed by atoms with van der Waals surface area (Å²) in [6.45, 7) is 0. The summed E-state index contributed by atoms with van der Waals surface area (Å²) in [4.78, 5) is 15.3. The van der Waals surface area contributed by atoms with Gasteiger partial charge < -0.3 is 5.73 Å². The lowest BCUT2D eigenvalue weighted by atomic mass is 10.2. The zero-order chi connectivity index (χ0) is 11.4. The molecule has 2 aromatic rings. The van der Waals surface area contributed by atoms with Gasteiger partial charge in [0.2, 0.25) is 0 Å². The minimum absolute atomic E-state index is 0.184. The molecule has 0 spiro atoms. The highest BCUT2D eigenvalue weighted by Crippen LogP contribution is 2.11. The first kappa shape index (κ1) is 9.97. The largest absolute Gasteiger partial charge is 0.365 e. The molecule has 80 valence electrons. The Bertz CT molecular complexity index is 504. The lowest BCUT2D eigenvalue weighted by molar-refractivity contribution is -0.112. The number of nitrogens with two attached hydrogens (primary N) is 1. The zero-order valence-electron chi connectivity index (χ0n) is 8.16. The second kappa shape index (κ2) is 4.30. The van der Waals surface area contributed by atoms with Crippen LogP contribution in [0.15, 0.2) is 24.4 Å². The number of hydrogen-bond donors (Lipinski definition) is 2. The number of amides is 1. The topological polar surface area (TPSA) is 110 Å². The van der Waals surface area contributed by atoms with E-state index in [1.54, 1.807) is 24.4 Å². The smallest absolute Gasteiger partial charge is 0.252 e. The number of tetrazole rings is 1. The lowest BCUT2D eigenvalue weighted by Gasteiger charge is -1.97. The van der Waals surface area contributed by atoms with Gasteiger partial charge in [0.25, 0.3) is 5.91 Å². The average Bonchev–Trinajstić information content (AvgIpc) is 2.80. The third-order valence-electron chi connectivity index (χ3n) is 1.85. The number of nitrogens with one attached hydrogen (secondary N) is 1. The Hall–Kier alpha value is -2.57. The number of aromatic amines is 1. The number of H-pyrrole nitrogens is 1. The highest BCUT2D eigenvalue weighted by molar-refractivity contribution is 6.22. The molecule has 0 aliphatic heterocycles. The molecule has 2 aromatic heterocycles. The number of pyridine rings is 1. The van der Waals surface area contributed by atoms with Gasteiger partial charge in [-0.05, 0) is 28.6 Å². The van der Waals surface area contributed by atoms with E-state index in [0.29, 0.717) is 5.69 Å². The molecule has 0 fully saturated rings. The highest BCUT2D eigenvalue weighted by Gasteiger charge is 2.12. The van der Waals surface area contributed by atoms with Crippen molar-refractivity contribution in [3.63, 3.8) is 0 Å². The SMILES string of the molecule is NC(=O)C(=Cc1ccccn1)c1nnn[nH]1. The van der Waals surface area contributed by atoms with Crippen molar-refractivity contribution in [3.8, 4) is 0 Å². The van der Waals surface area contributed by atoms with E-state index in [0.717, 1.165) is 0 Å². The van der Waals surface area contributed by atoms with Crippen LogP contribution in [0.1, 0.15) is 11.5 Å². The van der Waals surface area contributed by atoms with Gasteiger partial charge in [0.15, 0.2) is 5.82 Å². The fourth-order valence-electron chi connectivity index (χ4n) is 1.14. The predicted octanol–water partition coefficient (Wildman–Crippen LogP) is -0.379. The molecule has 0 aliphatic carbocycles. The average molecular weight is 216 g/mol. The van der Waals surface area contributed by atoms with Crippen molar-refractivity contribution in [2.75, 3.05) is 0 Å². The minimum atomic E-state index is -0.621. The van der Waals surface area contributed by atoms with Crippen LogP contribution in [0.25, 0.3) is 11.6 Å². The van der Waals surface area contributed by atoms with Crippen LogP contribution in [0, 0.1) is 0 Å². The Morgan fingerprint density at radius 1 is 1.44 bits per heavy atom. The molecule has 0 unspecified atom stereocenters. The molecular weight excluding hydrogens is 208 g/mol. The highest BCUT2D eigenvalue weighted by atomic mass is 16.1. The van der Waals surface area contributed by atoms with Crippen LogP contribution >= 0.6 is 0 Å². The summed E-state index contributed by atoms with van der Waals surface area (Å²) in [5, 5.41) is 12.8. The maximum Gasteiger partial charge on any atom is 0.252 e. The third-order valence-corrected chi connectivity index (χ3v) is 1.85. The van der Waals surface area contributed by atoms with Crippen LogP contribution < -0.4 is 5.73 Å². The number of primary amides is 1. The van der Waals surface area contributed by atoms with E-state index in [1.807, 2.05) is 0 Å². The number of carbonyl (C=O) groups excluding carboxylic acids is 1. The van der Waals surface area contributed by atoms with E-state index in [2.05, 4.69) is 25.6 Å². The molecule has 2 rings (SSSR count). The quantitative estimate of drug-likeness (QED) is 0.679. The zero-order valence-corrected chi connectivity index (χ0v) is 8.16. The van der Waals surface area contributed by atoms with E-state index >= 15 is 0 Å². The molecule has 0 aliphatic rings. The van der Waals surface area contributed by atoms with Crippen LogP contribution in [-0.2, 0) is 4.79 Å². The third kappa shape index (κ3) is 2.08. The molecule has 16 heavy (non-hydrogen) atoms. The molecule has 1 amide bonds. The first-order chi connectivity index (χ1) is 7.77. The van der Waals surface area contributed by atoms with Crippen LogP contribution in [0.3, 0.4) is 0 Å². The van der Waals surface area contributed by atoms with Gasteiger partial charge in [0.1, 0.15) is 0 Å². The van der Waals surface area contributed by atoms with Crippen molar-refractivity contribution in [1.29, 1.82) is 0 Å². The molecule has 0 bridgehead atoms. The Morgan fingerprint density at radius 2 is 2.31 bits per heavy atom. The van der Waals surface area contributed by atoms with Crippen LogP contribution in [0.5, 0.6) is 0 Å². The molecule has 2 heterocycles. The van der Waals surface area contributed by atoms with Crippen LogP contribution in [-0.4, -0.2) is 31.5 Å². The Balaban J connectivity index is 2.42. The fraction of sp³-hybridized carbons (Fsp3) is 0. The van der Waals surface area contributed by atoms with Crippen molar-refractivity contribution in [3.05, 3.63) is 35.9 Å². The van der Waals surface area contributed by atoms with Gasteiger partial charge >= 0.3 is 0 Å². The normalized spacial score (nSPS) is 11.4. The Morgan fingerprint density at radius 3 is 2.88 bits per heavy atom. The summed E-state index contributed by atoms with van der Waals surface area (Å²) in [6, 6.07) is 5.32. The van der Waals surface area contributed by atoms with Gasteiger partial charge in [-0.25, -0.2) is 5.10 Å². The predicted molar refractivity (Wildman–Crippen MR) is 55.5 cm³/mol. The van der Waals surface area contributed by atoms with Crippen molar-refractivity contribution < 1.29 is 4.79 Å². The van der Waals surface area contributed by atoms with Gasteiger partial charge in [-0.3, -0.25) is 9.78 Å². The van der Waals surface area contributed by atoms with Crippen molar-refractivity contribution in [2.24, 2.45) is 5.73 Å². The number of nitrogens with zero attached hydrogens (tertiary/aromatic N) is 4. The summed E-state index contributed by atoms with van der Waals surface area (Å²) in [6.07, 6.45) is 3.13. The van der Waals surface area contributed by atoms with Gasteiger partial charge in [-0.2, -0.15) is 0 Å². The summed E-state index contributed by atoms with van der Waals surface area (Å²) >= 11 is 0. The first-order valence-corrected chi connectivity index (χ1v) is 4.44. The fourth-order valence-corrected chi connectivity index (χ4v) is 1.14. The number of aromatic nitrogens is 5. The molecule has 0 saturated heterocycles. The van der Waals surface area contributed by atoms with E-state index in [9.17, 15) is 4.79 Å². The summed E-state index contributed by atoms with van der Waals surface area (Å²) in [5.74, 6) is -0.401. The Labute approximate surface area is 90.4 Å². The maximum atomic E-state index is 11.2. The van der Waals surface area contributed by atoms with E-state index in [4.69, 9.17) is 5.73 Å². The summed E-state index contributed by atoms with van der Waals surface area (Å²) < 4.78 is 0. The summed E-state index contributed by atoms with van der Waals surface area (Å²) in [5.41, 5.74) is 6.01. The van der Waals surface area contributed by atoms with Crippen molar-refractivity contribution in [1.82, 2.24) is 25.6 Å². The Kier molecular flexibility index (Phi) is 2.68. The van der Waals surface area contributed by atoms with E-state index in [-0.39, 0.29) is 11.4 Å². The van der Waals surface area contributed by atoms with Crippen LogP contribution in [0.4, 0.5) is 0 Å². The summed E-state index contributed by atoms with van der Waals surface area (Å²) in [7, 11) is 0. The molecule has 0 saturated carbocycles. The van der Waals surface area contributed by atoms with Crippen molar-refractivity contribution in [2.45, 2.75) is 0 Å². The molecule has 7 heteroatoms. The second-order valence-corrected chi connectivity index (χ2v) is 2.93. The first-order valence-electron chi connectivity index (χ1n) is 4.44. The van der Waals surface area contributed by atoms with Gasteiger partial charge in [0.05, 0.1) is 11.3 Å². The molecular formula is C9H8N6O. The maximum absolute atomic E-state index is 11.2. The molecule has 0 aromatic carbocycles. The van der Waals surface area contributed by atoms with Crippen molar-refractivity contribution >= 4 is 17.6 Å².